The van der Waals surface area contributed by atoms with Gasteiger partial charge in [-0.15, -0.1) is 0 Å². The molecular weight excluding hydrogens is 365 g/mol. The van der Waals surface area contributed by atoms with Crippen LogP contribution >= 0.6 is 0 Å². The number of halogens is 1. The number of morpholine rings is 1. The summed E-state index contributed by atoms with van der Waals surface area (Å²) in [5, 5.41) is 6.91. The van der Waals surface area contributed by atoms with Crippen LogP contribution in [0.5, 0.6) is 0 Å². The quantitative estimate of drug-likeness (QED) is 0.866. The molecule has 1 amide bonds. The SMILES string of the molecule is Cc1cc(C2(C(=O)Nc3ccc(F)c(N4CCOCC4)c3)CCOCC2)on1. The third-order valence-electron chi connectivity index (χ3n) is 5.44. The van der Waals surface area contributed by atoms with Crippen molar-refractivity contribution in [3.63, 3.8) is 0 Å². The van der Waals surface area contributed by atoms with Gasteiger partial charge in [-0.3, -0.25) is 4.79 Å². The molecule has 0 spiro atoms. The van der Waals surface area contributed by atoms with Crippen LogP contribution in [-0.2, 0) is 19.7 Å². The van der Waals surface area contributed by atoms with Crippen LogP contribution in [-0.4, -0.2) is 50.6 Å². The molecular formula is C20H24FN3O4. The number of hydrogen-bond donors (Lipinski definition) is 1. The Bertz CT molecular complexity index is 842. The van der Waals surface area contributed by atoms with E-state index in [9.17, 15) is 9.18 Å². The van der Waals surface area contributed by atoms with Crippen LogP contribution in [0.2, 0.25) is 0 Å². The molecule has 1 aromatic heterocycles. The molecule has 1 aromatic carbocycles. The summed E-state index contributed by atoms with van der Waals surface area (Å²) in [5.41, 5.74) is 0.908. The molecule has 2 aliphatic rings. The van der Waals surface area contributed by atoms with E-state index in [1.807, 2.05) is 11.8 Å². The van der Waals surface area contributed by atoms with Gasteiger partial charge < -0.3 is 24.2 Å². The lowest BCUT2D eigenvalue weighted by Crippen LogP contribution is -2.44. The van der Waals surface area contributed by atoms with E-state index in [0.717, 1.165) is 5.69 Å². The Labute approximate surface area is 162 Å². The minimum atomic E-state index is -0.840. The number of aromatic nitrogens is 1. The van der Waals surface area contributed by atoms with Gasteiger partial charge in [-0.1, -0.05) is 5.16 Å². The maximum Gasteiger partial charge on any atom is 0.238 e. The molecule has 2 aromatic rings. The number of aryl methyl sites for hydroxylation is 1. The van der Waals surface area contributed by atoms with Crippen LogP contribution in [0.1, 0.15) is 24.3 Å². The van der Waals surface area contributed by atoms with Crippen LogP contribution in [0.3, 0.4) is 0 Å². The summed E-state index contributed by atoms with van der Waals surface area (Å²) in [6, 6.07) is 6.44. The van der Waals surface area contributed by atoms with Gasteiger partial charge in [0.25, 0.3) is 0 Å². The second-order valence-electron chi connectivity index (χ2n) is 7.25. The lowest BCUT2D eigenvalue weighted by atomic mass is 9.77. The van der Waals surface area contributed by atoms with Crippen molar-refractivity contribution < 1.29 is 23.2 Å². The van der Waals surface area contributed by atoms with E-state index >= 15 is 0 Å². The maximum absolute atomic E-state index is 14.4. The summed E-state index contributed by atoms with van der Waals surface area (Å²) in [5.74, 6) is 0.0411. The molecule has 0 aliphatic carbocycles. The number of carbonyl (C=O) groups is 1. The van der Waals surface area contributed by atoms with Crippen LogP contribution in [0.25, 0.3) is 0 Å². The second kappa shape index (κ2) is 7.89. The highest BCUT2D eigenvalue weighted by Gasteiger charge is 2.45. The van der Waals surface area contributed by atoms with Crippen molar-refractivity contribution in [2.45, 2.75) is 25.2 Å². The zero-order chi connectivity index (χ0) is 19.6. The summed E-state index contributed by atoms with van der Waals surface area (Å²) in [4.78, 5) is 15.2. The molecule has 1 N–H and O–H groups in total. The summed E-state index contributed by atoms with van der Waals surface area (Å²) >= 11 is 0. The standard InChI is InChI=1S/C20H24FN3O4/c1-14-12-18(28-23-14)20(4-8-26-9-5-20)19(25)22-15-2-3-16(21)17(13-15)24-6-10-27-11-7-24/h2-3,12-13H,4-11H2,1H3,(H,22,25). The van der Waals surface area contributed by atoms with Gasteiger partial charge in [0.1, 0.15) is 11.2 Å². The minimum Gasteiger partial charge on any atom is -0.381 e. The van der Waals surface area contributed by atoms with Gasteiger partial charge in [-0.05, 0) is 38.0 Å². The van der Waals surface area contributed by atoms with Crippen molar-refractivity contribution in [2.75, 3.05) is 49.7 Å². The second-order valence-corrected chi connectivity index (χ2v) is 7.25. The van der Waals surface area contributed by atoms with Gasteiger partial charge in [-0.25, -0.2) is 4.39 Å². The molecule has 0 radical (unpaired) electrons. The number of benzene rings is 1. The van der Waals surface area contributed by atoms with Crippen molar-refractivity contribution >= 4 is 17.3 Å². The maximum atomic E-state index is 14.4. The van der Waals surface area contributed by atoms with E-state index in [-0.39, 0.29) is 11.7 Å². The van der Waals surface area contributed by atoms with Crippen molar-refractivity contribution in [3.05, 3.63) is 41.5 Å². The number of rotatable bonds is 4. The molecule has 3 heterocycles. The number of carbonyl (C=O) groups excluding carboxylic acids is 1. The fraction of sp³-hybridized carbons (Fsp3) is 0.500. The number of nitrogens with zero attached hydrogens (tertiary/aromatic N) is 2. The fourth-order valence-electron chi connectivity index (χ4n) is 3.78. The Morgan fingerprint density at radius 2 is 1.86 bits per heavy atom. The fourth-order valence-corrected chi connectivity index (χ4v) is 3.78. The molecule has 4 rings (SSSR count). The van der Waals surface area contributed by atoms with Gasteiger partial charge in [-0.2, -0.15) is 0 Å². The van der Waals surface area contributed by atoms with Crippen molar-refractivity contribution in [1.82, 2.24) is 5.16 Å². The van der Waals surface area contributed by atoms with Gasteiger partial charge >= 0.3 is 0 Å². The predicted octanol–water partition coefficient (Wildman–Crippen LogP) is 2.65. The first-order valence-electron chi connectivity index (χ1n) is 9.54. The highest BCUT2D eigenvalue weighted by Crippen LogP contribution is 2.37. The van der Waals surface area contributed by atoms with E-state index in [4.69, 9.17) is 14.0 Å². The largest absolute Gasteiger partial charge is 0.381 e. The smallest absolute Gasteiger partial charge is 0.238 e. The van der Waals surface area contributed by atoms with Crippen molar-refractivity contribution in [1.29, 1.82) is 0 Å². The van der Waals surface area contributed by atoms with Crippen molar-refractivity contribution in [3.8, 4) is 0 Å². The van der Waals surface area contributed by atoms with Gasteiger partial charge in [0.2, 0.25) is 5.91 Å². The number of amides is 1. The molecule has 2 aliphatic heterocycles. The summed E-state index contributed by atoms with van der Waals surface area (Å²) in [6.07, 6.45) is 1.01. The van der Waals surface area contributed by atoms with E-state index < -0.39 is 5.41 Å². The number of anilines is 2. The normalized spacial score (nSPS) is 19.4. The molecule has 7 nitrogen and oxygen atoms in total. The molecule has 0 bridgehead atoms. The number of nitrogens with one attached hydrogen (secondary N) is 1. The van der Waals surface area contributed by atoms with Crippen molar-refractivity contribution in [2.24, 2.45) is 0 Å². The number of hydrogen-bond acceptors (Lipinski definition) is 6. The average molecular weight is 389 g/mol. The molecule has 0 unspecified atom stereocenters. The Hall–Kier alpha value is -2.45. The zero-order valence-corrected chi connectivity index (χ0v) is 15.9. The Kier molecular flexibility index (Phi) is 5.32. The van der Waals surface area contributed by atoms with Gasteiger partial charge in [0.15, 0.2) is 5.76 Å². The van der Waals surface area contributed by atoms with Crippen LogP contribution < -0.4 is 10.2 Å². The summed E-state index contributed by atoms with van der Waals surface area (Å²) in [7, 11) is 0. The highest BCUT2D eigenvalue weighted by atomic mass is 19.1. The zero-order valence-electron chi connectivity index (χ0n) is 15.9. The summed E-state index contributed by atoms with van der Waals surface area (Å²) < 4.78 is 30.6. The topological polar surface area (TPSA) is 76.8 Å². The molecule has 0 saturated carbocycles. The van der Waals surface area contributed by atoms with E-state index in [0.29, 0.717) is 69.5 Å². The third-order valence-corrected chi connectivity index (χ3v) is 5.44. The lowest BCUT2D eigenvalue weighted by Gasteiger charge is -2.33. The van der Waals surface area contributed by atoms with E-state index in [1.54, 1.807) is 18.2 Å². The van der Waals surface area contributed by atoms with Gasteiger partial charge in [0.05, 0.1) is 24.6 Å². The lowest BCUT2D eigenvalue weighted by molar-refractivity contribution is -0.126. The molecule has 0 atom stereocenters. The first kappa shape index (κ1) is 18.9. The number of ether oxygens (including phenoxy) is 2. The predicted molar refractivity (Wildman–Crippen MR) is 101 cm³/mol. The monoisotopic (exact) mass is 389 g/mol. The van der Waals surface area contributed by atoms with E-state index in [1.165, 1.54) is 6.07 Å². The molecule has 150 valence electrons. The Morgan fingerprint density at radius 1 is 1.14 bits per heavy atom. The highest BCUT2D eigenvalue weighted by molar-refractivity contribution is 5.99. The molecule has 28 heavy (non-hydrogen) atoms. The average Bonchev–Trinajstić information content (AvgIpc) is 3.17. The molecule has 2 fully saturated rings. The van der Waals surface area contributed by atoms with Crippen LogP contribution in [0, 0.1) is 12.7 Å². The van der Waals surface area contributed by atoms with E-state index in [2.05, 4.69) is 10.5 Å². The van der Waals surface area contributed by atoms with Crippen LogP contribution in [0.15, 0.2) is 28.8 Å². The first-order chi connectivity index (χ1) is 13.6. The van der Waals surface area contributed by atoms with Crippen LogP contribution in [0.4, 0.5) is 15.8 Å². The van der Waals surface area contributed by atoms with Gasteiger partial charge in [0, 0.05) is 38.1 Å². The molecule has 2 saturated heterocycles. The Balaban J connectivity index is 1.59. The third kappa shape index (κ3) is 3.62. The summed E-state index contributed by atoms with van der Waals surface area (Å²) in [6.45, 7) is 5.12. The molecule has 8 heteroatoms. The first-order valence-corrected chi connectivity index (χ1v) is 9.54. The minimum absolute atomic E-state index is 0.188. The Morgan fingerprint density at radius 3 is 2.54 bits per heavy atom.